The normalized spacial score (nSPS) is 10.6. The number of hydrogen-bond donors (Lipinski definition) is 1. The van der Waals surface area contributed by atoms with Crippen LogP contribution in [0.25, 0.3) is 0 Å². The summed E-state index contributed by atoms with van der Waals surface area (Å²) in [4.78, 5) is 11.9. The fourth-order valence-corrected chi connectivity index (χ4v) is 1.83. The minimum atomic E-state index is -0.563. The summed E-state index contributed by atoms with van der Waals surface area (Å²) in [5.41, 5.74) is 0.441. The first-order valence-electron chi connectivity index (χ1n) is 6.54. The number of terminal acetylenes is 1. The summed E-state index contributed by atoms with van der Waals surface area (Å²) in [7, 11) is 0. The Morgan fingerprint density at radius 2 is 2.00 bits per heavy atom. The van der Waals surface area contributed by atoms with Crippen molar-refractivity contribution in [1.82, 2.24) is 5.32 Å². The van der Waals surface area contributed by atoms with Crippen LogP contribution in [-0.2, 0) is 4.79 Å². The average molecular weight is 259 g/mol. The molecule has 1 N–H and O–H groups in total. The Hall–Kier alpha value is -1.95. The number of para-hydroxylation sites is 1. The van der Waals surface area contributed by atoms with Gasteiger partial charge in [-0.25, -0.2) is 0 Å². The van der Waals surface area contributed by atoms with Crippen LogP contribution < -0.4 is 10.1 Å². The molecule has 19 heavy (non-hydrogen) atoms. The molecule has 0 aliphatic carbocycles. The molecule has 102 valence electrons. The van der Waals surface area contributed by atoms with Crippen molar-refractivity contribution in [2.24, 2.45) is 0 Å². The third-order valence-corrected chi connectivity index (χ3v) is 3.31. The highest BCUT2D eigenvalue weighted by molar-refractivity contribution is 5.79. The van der Waals surface area contributed by atoms with Gasteiger partial charge in [-0.1, -0.05) is 38.0 Å². The van der Waals surface area contributed by atoms with Crippen molar-refractivity contribution in [2.45, 2.75) is 39.2 Å². The third-order valence-electron chi connectivity index (χ3n) is 3.31. The van der Waals surface area contributed by atoms with E-state index in [1.807, 2.05) is 45.0 Å². The van der Waals surface area contributed by atoms with Crippen LogP contribution in [0.5, 0.6) is 5.75 Å². The van der Waals surface area contributed by atoms with Gasteiger partial charge < -0.3 is 10.1 Å². The van der Waals surface area contributed by atoms with Gasteiger partial charge in [0.1, 0.15) is 11.3 Å². The third kappa shape index (κ3) is 4.03. The van der Waals surface area contributed by atoms with Crippen LogP contribution in [0, 0.1) is 19.3 Å². The van der Waals surface area contributed by atoms with E-state index in [0.717, 1.165) is 11.3 Å². The van der Waals surface area contributed by atoms with Crippen molar-refractivity contribution in [2.75, 3.05) is 6.61 Å². The summed E-state index contributed by atoms with van der Waals surface area (Å²) in [6.07, 6.45) is 6.91. The molecule has 0 saturated heterocycles. The Labute approximate surface area is 115 Å². The second-order valence-corrected chi connectivity index (χ2v) is 4.54. The Kier molecular flexibility index (Phi) is 5.44. The largest absolute Gasteiger partial charge is 0.484 e. The molecule has 3 heteroatoms. The number of carbonyl (C=O) groups is 1. The van der Waals surface area contributed by atoms with Gasteiger partial charge in [-0.2, -0.15) is 0 Å². The van der Waals surface area contributed by atoms with E-state index in [0.29, 0.717) is 12.8 Å². The van der Waals surface area contributed by atoms with E-state index in [2.05, 4.69) is 11.2 Å². The first-order chi connectivity index (χ1) is 9.06. The second kappa shape index (κ2) is 6.84. The monoisotopic (exact) mass is 259 g/mol. The van der Waals surface area contributed by atoms with Gasteiger partial charge >= 0.3 is 0 Å². The van der Waals surface area contributed by atoms with Crippen molar-refractivity contribution < 1.29 is 9.53 Å². The SMILES string of the molecule is C#CC(CC)(CC)NC(=O)COc1ccccc1C. The van der Waals surface area contributed by atoms with Gasteiger partial charge in [-0.05, 0) is 31.4 Å². The van der Waals surface area contributed by atoms with Crippen molar-refractivity contribution in [3.05, 3.63) is 29.8 Å². The molecule has 1 aromatic rings. The summed E-state index contributed by atoms with van der Waals surface area (Å²) >= 11 is 0. The molecule has 3 nitrogen and oxygen atoms in total. The van der Waals surface area contributed by atoms with Crippen molar-refractivity contribution >= 4 is 5.91 Å². The van der Waals surface area contributed by atoms with E-state index >= 15 is 0 Å². The number of rotatable bonds is 6. The molecule has 0 unspecified atom stereocenters. The van der Waals surface area contributed by atoms with Crippen LogP contribution in [-0.4, -0.2) is 18.1 Å². The number of aryl methyl sites for hydroxylation is 1. The minimum absolute atomic E-state index is 0.0196. The Morgan fingerprint density at radius 3 is 2.53 bits per heavy atom. The first kappa shape index (κ1) is 15.1. The molecule has 0 radical (unpaired) electrons. The number of ether oxygens (including phenoxy) is 1. The minimum Gasteiger partial charge on any atom is -0.484 e. The average Bonchev–Trinajstić information content (AvgIpc) is 2.44. The molecule has 0 aromatic heterocycles. The van der Waals surface area contributed by atoms with E-state index in [4.69, 9.17) is 11.2 Å². The highest BCUT2D eigenvalue weighted by Crippen LogP contribution is 2.16. The van der Waals surface area contributed by atoms with E-state index in [9.17, 15) is 4.79 Å². The zero-order chi connectivity index (χ0) is 14.3. The number of carbonyl (C=O) groups excluding carboxylic acids is 1. The molecule has 0 bridgehead atoms. The molecular formula is C16H21NO2. The predicted octanol–water partition coefficient (Wildman–Crippen LogP) is 2.68. The molecule has 0 aliphatic rings. The lowest BCUT2D eigenvalue weighted by atomic mass is 9.94. The summed E-state index contributed by atoms with van der Waals surface area (Å²) in [6.45, 7) is 5.85. The number of amides is 1. The van der Waals surface area contributed by atoms with Crippen LogP contribution in [0.2, 0.25) is 0 Å². The summed E-state index contributed by atoms with van der Waals surface area (Å²) in [5, 5.41) is 2.87. The maximum Gasteiger partial charge on any atom is 0.259 e. The molecule has 0 saturated carbocycles. The molecular weight excluding hydrogens is 238 g/mol. The van der Waals surface area contributed by atoms with Gasteiger partial charge in [-0.15, -0.1) is 6.42 Å². The lowest BCUT2D eigenvalue weighted by molar-refractivity contribution is -0.124. The van der Waals surface area contributed by atoms with Crippen molar-refractivity contribution in [3.63, 3.8) is 0 Å². The summed E-state index contributed by atoms with van der Waals surface area (Å²) in [6, 6.07) is 7.59. The van der Waals surface area contributed by atoms with E-state index in [-0.39, 0.29) is 12.5 Å². The molecule has 0 heterocycles. The van der Waals surface area contributed by atoms with Gasteiger partial charge in [-0.3, -0.25) is 4.79 Å². The molecule has 1 amide bonds. The second-order valence-electron chi connectivity index (χ2n) is 4.54. The lowest BCUT2D eigenvalue weighted by Crippen LogP contribution is -2.48. The highest BCUT2D eigenvalue weighted by atomic mass is 16.5. The predicted molar refractivity (Wildman–Crippen MR) is 77.0 cm³/mol. The van der Waals surface area contributed by atoms with E-state index in [1.54, 1.807) is 0 Å². The molecule has 0 atom stereocenters. The number of hydrogen-bond acceptors (Lipinski definition) is 2. The Morgan fingerprint density at radius 1 is 1.37 bits per heavy atom. The van der Waals surface area contributed by atoms with Gasteiger partial charge in [0.2, 0.25) is 0 Å². The zero-order valence-corrected chi connectivity index (χ0v) is 11.8. The van der Waals surface area contributed by atoms with Gasteiger partial charge in [0, 0.05) is 0 Å². The fraction of sp³-hybridized carbons (Fsp3) is 0.438. The molecule has 0 spiro atoms. The Bertz CT molecular complexity index is 470. The summed E-state index contributed by atoms with van der Waals surface area (Å²) in [5.74, 6) is 3.20. The van der Waals surface area contributed by atoms with E-state index < -0.39 is 5.54 Å². The number of nitrogens with one attached hydrogen (secondary N) is 1. The van der Waals surface area contributed by atoms with Gasteiger partial charge in [0.15, 0.2) is 6.61 Å². The molecule has 0 aliphatic heterocycles. The van der Waals surface area contributed by atoms with E-state index in [1.165, 1.54) is 0 Å². The Balaban J connectivity index is 2.58. The molecule has 1 rings (SSSR count). The van der Waals surface area contributed by atoms with Crippen LogP contribution in [0.4, 0.5) is 0 Å². The topological polar surface area (TPSA) is 38.3 Å². The fourth-order valence-electron chi connectivity index (χ4n) is 1.83. The van der Waals surface area contributed by atoms with Gasteiger partial charge in [0.25, 0.3) is 5.91 Å². The maximum absolute atomic E-state index is 11.9. The number of benzene rings is 1. The first-order valence-corrected chi connectivity index (χ1v) is 6.54. The standard InChI is InChI=1S/C16H21NO2/c1-5-16(6-2,7-3)17-15(18)12-19-14-11-9-8-10-13(14)4/h1,8-11H,6-7,12H2,2-4H3,(H,17,18). The zero-order valence-electron chi connectivity index (χ0n) is 11.8. The van der Waals surface area contributed by atoms with Crippen molar-refractivity contribution in [3.8, 4) is 18.1 Å². The quantitative estimate of drug-likeness (QED) is 0.798. The molecule has 0 fully saturated rings. The maximum atomic E-state index is 11.9. The smallest absolute Gasteiger partial charge is 0.259 e. The van der Waals surface area contributed by atoms with Gasteiger partial charge in [0.05, 0.1) is 0 Å². The van der Waals surface area contributed by atoms with Crippen LogP contribution in [0.15, 0.2) is 24.3 Å². The molecule has 1 aromatic carbocycles. The summed E-state index contributed by atoms with van der Waals surface area (Å²) < 4.78 is 5.50. The highest BCUT2D eigenvalue weighted by Gasteiger charge is 2.25. The van der Waals surface area contributed by atoms with Crippen LogP contribution in [0.3, 0.4) is 0 Å². The van der Waals surface area contributed by atoms with Crippen LogP contribution >= 0.6 is 0 Å². The lowest BCUT2D eigenvalue weighted by Gasteiger charge is -2.27. The van der Waals surface area contributed by atoms with Crippen molar-refractivity contribution in [1.29, 1.82) is 0 Å². The van der Waals surface area contributed by atoms with Crippen LogP contribution in [0.1, 0.15) is 32.3 Å².